The van der Waals surface area contributed by atoms with Crippen LogP contribution in [0.2, 0.25) is 0 Å². The number of benzene rings is 3. The second-order valence-corrected chi connectivity index (χ2v) is 7.85. The highest BCUT2D eigenvalue weighted by Crippen LogP contribution is 2.45. The molecular formula is C26H22N2O2. The lowest BCUT2D eigenvalue weighted by Crippen LogP contribution is -2.37. The summed E-state index contributed by atoms with van der Waals surface area (Å²) in [5.41, 5.74) is 4.47. The van der Waals surface area contributed by atoms with Gasteiger partial charge in [0.05, 0.1) is 0 Å². The van der Waals surface area contributed by atoms with Gasteiger partial charge in [-0.05, 0) is 29.3 Å². The summed E-state index contributed by atoms with van der Waals surface area (Å²) in [5, 5.41) is 1.08. The molecule has 5 rings (SSSR count). The maximum absolute atomic E-state index is 13.6. The number of carbonyl (C=O) groups is 2. The van der Waals surface area contributed by atoms with Crippen LogP contribution in [0, 0.1) is 5.92 Å². The quantitative estimate of drug-likeness (QED) is 0.469. The van der Waals surface area contributed by atoms with Gasteiger partial charge in [-0.1, -0.05) is 60.7 Å². The molecule has 0 fully saturated rings. The molecule has 1 aromatic heterocycles. The number of nitrogens with zero attached hydrogens (tertiary/aromatic N) is 2. The first kappa shape index (κ1) is 18.4. The smallest absolute Gasteiger partial charge is 0.238 e. The number of aromatic nitrogens is 1. The van der Waals surface area contributed by atoms with Crippen molar-refractivity contribution in [3.63, 3.8) is 0 Å². The normalized spacial score (nSPS) is 17.9. The summed E-state index contributed by atoms with van der Waals surface area (Å²) >= 11 is 0. The van der Waals surface area contributed by atoms with E-state index in [9.17, 15) is 9.59 Å². The summed E-state index contributed by atoms with van der Waals surface area (Å²) in [6.45, 7) is 0. The minimum absolute atomic E-state index is 0.101. The molecule has 4 nitrogen and oxygen atoms in total. The molecule has 1 heterocycles. The Bertz CT molecular complexity index is 1270. The molecule has 148 valence electrons. The number of fused-ring (bicyclic) bond motifs is 2. The number of Topliss-reactive ketones (excluding diaryl/α,β-unsaturated/α-hetero) is 1. The van der Waals surface area contributed by atoms with Gasteiger partial charge in [-0.15, -0.1) is 0 Å². The third-order valence-electron chi connectivity index (χ3n) is 6.18. The average molecular weight is 394 g/mol. The van der Waals surface area contributed by atoms with Crippen LogP contribution in [0.1, 0.15) is 27.4 Å². The van der Waals surface area contributed by atoms with Crippen molar-refractivity contribution in [2.45, 2.75) is 5.92 Å². The van der Waals surface area contributed by atoms with Crippen LogP contribution in [0.4, 0.5) is 5.69 Å². The predicted molar refractivity (Wildman–Crippen MR) is 119 cm³/mol. The zero-order valence-corrected chi connectivity index (χ0v) is 16.9. The largest absolute Gasteiger partial charge is 0.350 e. The van der Waals surface area contributed by atoms with E-state index >= 15 is 0 Å². The van der Waals surface area contributed by atoms with Gasteiger partial charge in [-0.2, -0.15) is 0 Å². The van der Waals surface area contributed by atoms with Gasteiger partial charge in [0.1, 0.15) is 5.92 Å². The first-order valence-electron chi connectivity index (χ1n) is 10.1. The average Bonchev–Trinajstić information content (AvgIpc) is 3.28. The topological polar surface area (TPSA) is 42.3 Å². The molecule has 2 atom stereocenters. The molecule has 1 aliphatic rings. The fourth-order valence-corrected chi connectivity index (χ4v) is 4.70. The SMILES string of the molecule is CN(C(=O)[C@H]1C(=O)c2ccccc2[C@@H]1c1cn(C)c2ccccc12)c1ccccc1. The van der Waals surface area contributed by atoms with Crippen LogP contribution in [0.25, 0.3) is 10.9 Å². The first-order chi connectivity index (χ1) is 14.6. The lowest BCUT2D eigenvalue weighted by molar-refractivity contribution is -0.120. The number of aryl methyl sites for hydroxylation is 1. The highest BCUT2D eigenvalue weighted by molar-refractivity contribution is 6.18. The second-order valence-electron chi connectivity index (χ2n) is 7.85. The van der Waals surface area contributed by atoms with Gasteiger partial charge >= 0.3 is 0 Å². The lowest BCUT2D eigenvalue weighted by Gasteiger charge is -2.25. The Balaban J connectivity index is 1.68. The minimum Gasteiger partial charge on any atom is -0.350 e. The molecule has 4 aromatic rings. The van der Waals surface area contributed by atoms with Gasteiger partial charge in [0.25, 0.3) is 0 Å². The lowest BCUT2D eigenvalue weighted by atomic mass is 9.84. The van der Waals surface area contributed by atoms with Gasteiger partial charge in [0, 0.05) is 48.4 Å². The maximum atomic E-state index is 13.6. The zero-order valence-electron chi connectivity index (χ0n) is 16.9. The van der Waals surface area contributed by atoms with Gasteiger partial charge < -0.3 is 9.47 Å². The minimum atomic E-state index is -0.779. The molecule has 0 saturated heterocycles. The molecule has 3 aromatic carbocycles. The first-order valence-corrected chi connectivity index (χ1v) is 10.1. The van der Waals surface area contributed by atoms with Crippen molar-refractivity contribution in [3.8, 4) is 0 Å². The fraction of sp³-hybridized carbons (Fsp3) is 0.154. The Labute approximate surface area is 175 Å². The number of ketones is 1. The van der Waals surface area contributed by atoms with Gasteiger partial charge in [-0.25, -0.2) is 0 Å². The maximum Gasteiger partial charge on any atom is 0.238 e. The van der Waals surface area contributed by atoms with Crippen LogP contribution in [-0.2, 0) is 11.8 Å². The number of rotatable bonds is 3. The van der Waals surface area contributed by atoms with E-state index in [0.29, 0.717) is 5.56 Å². The Morgan fingerprint density at radius 2 is 1.53 bits per heavy atom. The third kappa shape index (κ3) is 2.68. The van der Waals surface area contributed by atoms with Crippen molar-refractivity contribution in [2.24, 2.45) is 13.0 Å². The Hall–Kier alpha value is -3.66. The summed E-state index contributed by atoms with van der Waals surface area (Å²) < 4.78 is 2.07. The Morgan fingerprint density at radius 1 is 0.867 bits per heavy atom. The summed E-state index contributed by atoms with van der Waals surface area (Å²) in [6.07, 6.45) is 2.06. The summed E-state index contributed by atoms with van der Waals surface area (Å²) in [6, 6.07) is 25.2. The molecule has 0 N–H and O–H groups in total. The van der Waals surface area contributed by atoms with Crippen molar-refractivity contribution < 1.29 is 9.59 Å². The van der Waals surface area contributed by atoms with E-state index in [2.05, 4.69) is 22.9 Å². The Morgan fingerprint density at radius 3 is 2.33 bits per heavy atom. The molecule has 1 aliphatic carbocycles. The van der Waals surface area contributed by atoms with Crippen molar-refractivity contribution in [1.82, 2.24) is 4.57 Å². The summed E-state index contributed by atoms with van der Waals surface area (Å²) in [5.74, 6) is -1.37. The fourth-order valence-electron chi connectivity index (χ4n) is 4.70. The molecule has 0 bridgehead atoms. The number of carbonyl (C=O) groups excluding carboxylic acids is 2. The number of anilines is 1. The highest BCUT2D eigenvalue weighted by atomic mass is 16.2. The zero-order chi connectivity index (χ0) is 20.8. The third-order valence-corrected chi connectivity index (χ3v) is 6.18. The molecule has 30 heavy (non-hydrogen) atoms. The second kappa shape index (κ2) is 6.99. The number of hydrogen-bond acceptors (Lipinski definition) is 2. The number of para-hydroxylation sites is 2. The van der Waals surface area contributed by atoms with E-state index in [4.69, 9.17) is 0 Å². The molecule has 0 aliphatic heterocycles. The molecular weight excluding hydrogens is 372 g/mol. The van der Waals surface area contributed by atoms with Crippen LogP contribution >= 0.6 is 0 Å². The van der Waals surface area contributed by atoms with Crippen LogP contribution < -0.4 is 4.90 Å². The number of hydrogen-bond donors (Lipinski definition) is 0. The monoisotopic (exact) mass is 394 g/mol. The highest BCUT2D eigenvalue weighted by Gasteiger charge is 2.46. The molecule has 0 unspecified atom stereocenters. The molecule has 0 saturated carbocycles. The van der Waals surface area contributed by atoms with E-state index < -0.39 is 5.92 Å². The summed E-state index contributed by atoms with van der Waals surface area (Å²) in [4.78, 5) is 28.7. The predicted octanol–water partition coefficient (Wildman–Crippen LogP) is 4.79. The van der Waals surface area contributed by atoms with Crippen LogP contribution in [0.3, 0.4) is 0 Å². The van der Waals surface area contributed by atoms with Crippen LogP contribution in [0.15, 0.2) is 85.1 Å². The molecule has 4 heteroatoms. The molecule has 0 spiro atoms. The van der Waals surface area contributed by atoms with Crippen LogP contribution in [0.5, 0.6) is 0 Å². The summed E-state index contributed by atoms with van der Waals surface area (Å²) in [7, 11) is 3.75. The van der Waals surface area contributed by atoms with Crippen molar-refractivity contribution in [1.29, 1.82) is 0 Å². The van der Waals surface area contributed by atoms with Crippen molar-refractivity contribution in [2.75, 3.05) is 11.9 Å². The van der Waals surface area contributed by atoms with Crippen molar-refractivity contribution >= 4 is 28.3 Å². The van der Waals surface area contributed by atoms with E-state index in [0.717, 1.165) is 27.7 Å². The van der Waals surface area contributed by atoms with E-state index in [-0.39, 0.29) is 17.6 Å². The molecule has 1 amide bonds. The Kier molecular flexibility index (Phi) is 4.28. The van der Waals surface area contributed by atoms with E-state index in [1.54, 1.807) is 11.9 Å². The van der Waals surface area contributed by atoms with Gasteiger partial charge in [-0.3, -0.25) is 9.59 Å². The van der Waals surface area contributed by atoms with Gasteiger partial charge in [0.15, 0.2) is 5.78 Å². The van der Waals surface area contributed by atoms with Crippen LogP contribution in [-0.4, -0.2) is 23.3 Å². The van der Waals surface area contributed by atoms with Crippen molar-refractivity contribution in [3.05, 3.63) is 102 Å². The van der Waals surface area contributed by atoms with E-state index in [1.807, 2.05) is 73.8 Å². The van der Waals surface area contributed by atoms with Gasteiger partial charge in [0.2, 0.25) is 5.91 Å². The molecule has 0 radical (unpaired) electrons. The number of amides is 1. The van der Waals surface area contributed by atoms with E-state index in [1.165, 1.54) is 0 Å². The standard InChI is InChI=1S/C26H22N2O2/c1-27-16-21(18-12-8-9-15-22(18)27)23-19-13-6-7-14-20(19)25(29)24(23)26(30)28(2)17-10-4-3-5-11-17/h3-16,23-24H,1-2H3/t23-,24-/m1/s1.